The summed E-state index contributed by atoms with van der Waals surface area (Å²) in [6, 6.07) is 9.36. The molecular formula is C16H22N2O2. The number of urea groups is 1. The molecule has 0 aliphatic carbocycles. The van der Waals surface area contributed by atoms with E-state index in [4.69, 9.17) is 5.11 Å². The molecule has 0 saturated carbocycles. The molecule has 0 radical (unpaired) electrons. The van der Waals surface area contributed by atoms with Gasteiger partial charge >= 0.3 is 6.03 Å². The van der Waals surface area contributed by atoms with Crippen LogP contribution in [0.5, 0.6) is 0 Å². The Labute approximate surface area is 120 Å². The maximum atomic E-state index is 11.7. The second-order valence-electron chi connectivity index (χ2n) is 4.86. The molecule has 1 aromatic carbocycles. The molecule has 2 amide bonds. The van der Waals surface area contributed by atoms with Crippen LogP contribution in [-0.2, 0) is 0 Å². The molecule has 1 rings (SSSR count). The number of hydrogen-bond donors (Lipinski definition) is 3. The van der Waals surface area contributed by atoms with Gasteiger partial charge in [0.15, 0.2) is 0 Å². The molecule has 0 spiro atoms. The highest BCUT2D eigenvalue weighted by Gasteiger charge is 2.23. The van der Waals surface area contributed by atoms with Crippen LogP contribution in [0, 0.1) is 11.8 Å². The highest BCUT2D eigenvalue weighted by Crippen LogP contribution is 2.13. The molecular weight excluding hydrogens is 252 g/mol. The summed E-state index contributed by atoms with van der Waals surface area (Å²) < 4.78 is 0. The fourth-order valence-corrected chi connectivity index (χ4v) is 1.68. The van der Waals surface area contributed by atoms with E-state index in [1.165, 1.54) is 0 Å². The van der Waals surface area contributed by atoms with Crippen LogP contribution in [0.4, 0.5) is 4.79 Å². The Morgan fingerprint density at radius 2 is 2.05 bits per heavy atom. The van der Waals surface area contributed by atoms with Gasteiger partial charge in [-0.1, -0.05) is 37.0 Å². The number of carbonyl (C=O) groups is 1. The first-order valence-electron chi connectivity index (χ1n) is 6.80. The zero-order valence-corrected chi connectivity index (χ0v) is 12.1. The zero-order chi connectivity index (χ0) is 14.8. The number of benzene rings is 1. The zero-order valence-electron chi connectivity index (χ0n) is 12.1. The fraction of sp³-hybridized carbons (Fsp3) is 0.438. The summed E-state index contributed by atoms with van der Waals surface area (Å²) in [7, 11) is 0. The number of hydrogen-bond acceptors (Lipinski definition) is 2. The Morgan fingerprint density at radius 3 is 2.65 bits per heavy atom. The van der Waals surface area contributed by atoms with Gasteiger partial charge in [0.1, 0.15) is 0 Å². The molecule has 1 atom stereocenters. The Balaban J connectivity index is 2.39. The van der Waals surface area contributed by atoms with Crippen LogP contribution < -0.4 is 10.6 Å². The molecule has 0 saturated heterocycles. The summed E-state index contributed by atoms with van der Waals surface area (Å²) in [5.41, 5.74) is 0.541. The molecule has 0 aliphatic heterocycles. The van der Waals surface area contributed by atoms with Crippen molar-refractivity contribution in [3.05, 3.63) is 35.9 Å². The van der Waals surface area contributed by atoms with Crippen LogP contribution in [0.2, 0.25) is 0 Å². The highest BCUT2D eigenvalue weighted by atomic mass is 16.3. The van der Waals surface area contributed by atoms with Crippen LogP contribution in [0.3, 0.4) is 0 Å². The van der Waals surface area contributed by atoms with Crippen LogP contribution >= 0.6 is 0 Å². The number of aliphatic hydroxyl groups excluding tert-OH is 1. The van der Waals surface area contributed by atoms with Crippen molar-refractivity contribution in [3.8, 4) is 11.8 Å². The van der Waals surface area contributed by atoms with Gasteiger partial charge in [-0.15, -0.1) is 0 Å². The van der Waals surface area contributed by atoms with Crippen molar-refractivity contribution in [1.82, 2.24) is 10.6 Å². The number of carbonyl (C=O) groups excluding carboxylic acids is 1. The second-order valence-corrected chi connectivity index (χ2v) is 4.86. The van der Waals surface area contributed by atoms with Crippen LogP contribution in [0.1, 0.15) is 32.3 Å². The Kier molecular flexibility index (Phi) is 6.61. The lowest BCUT2D eigenvalue weighted by Gasteiger charge is -2.28. The molecule has 0 fully saturated rings. The summed E-state index contributed by atoms with van der Waals surface area (Å²) in [5.74, 6) is 5.87. The van der Waals surface area contributed by atoms with E-state index in [9.17, 15) is 4.79 Å². The van der Waals surface area contributed by atoms with Gasteiger partial charge in [-0.3, -0.25) is 0 Å². The van der Waals surface area contributed by atoms with Gasteiger partial charge in [-0.05, 0) is 31.9 Å². The number of nitrogens with one attached hydrogen (secondary N) is 2. The van der Waals surface area contributed by atoms with Crippen molar-refractivity contribution < 1.29 is 9.90 Å². The molecule has 0 aliphatic rings. The lowest BCUT2D eigenvalue weighted by molar-refractivity contribution is 0.201. The third kappa shape index (κ3) is 5.77. The lowest BCUT2D eigenvalue weighted by atomic mass is 9.95. The normalized spacial score (nSPS) is 12.8. The first-order valence-corrected chi connectivity index (χ1v) is 6.80. The summed E-state index contributed by atoms with van der Waals surface area (Å²) in [6.45, 7) is 4.24. The number of aliphatic hydroxyl groups is 1. The quantitative estimate of drug-likeness (QED) is 0.718. The summed E-state index contributed by atoms with van der Waals surface area (Å²) >= 11 is 0. The minimum atomic E-state index is -0.383. The largest absolute Gasteiger partial charge is 0.396 e. The van der Waals surface area contributed by atoms with Crippen LogP contribution in [0.15, 0.2) is 30.3 Å². The molecule has 108 valence electrons. The Bertz CT molecular complexity index is 476. The molecule has 4 nitrogen and oxygen atoms in total. The Hall–Kier alpha value is -1.99. The summed E-state index contributed by atoms with van der Waals surface area (Å²) in [5, 5.41) is 14.6. The smallest absolute Gasteiger partial charge is 0.315 e. The average molecular weight is 274 g/mol. The third-order valence-corrected chi connectivity index (χ3v) is 3.20. The van der Waals surface area contributed by atoms with Crippen molar-refractivity contribution in [3.63, 3.8) is 0 Å². The van der Waals surface area contributed by atoms with Crippen molar-refractivity contribution in [1.29, 1.82) is 0 Å². The molecule has 4 heteroatoms. The molecule has 1 unspecified atom stereocenters. The van der Waals surface area contributed by atoms with Gasteiger partial charge in [0.2, 0.25) is 0 Å². The molecule has 3 N–H and O–H groups in total. The number of rotatable bonds is 5. The summed E-state index contributed by atoms with van der Waals surface area (Å²) in [6.07, 6.45) is 1.29. The van der Waals surface area contributed by atoms with E-state index in [0.29, 0.717) is 13.0 Å². The van der Waals surface area contributed by atoms with Crippen molar-refractivity contribution in [2.75, 3.05) is 13.2 Å². The Morgan fingerprint density at radius 1 is 1.35 bits per heavy atom. The van der Waals surface area contributed by atoms with Gasteiger partial charge in [0.05, 0.1) is 6.54 Å². The highest BCUT2D eigenvalue weighted by molar-refractivity contribution is 5.75. The van der Waals surface area contributed by atoms with Gasteiger partial charge in [-0.25, -0.2) is 4.79 Å². The van der Waals surface area contributed by atoms with E-state index in [2.05, 4.69) is 22.5 Å². The SMILES string of the molecule is CCC(C)(CCO)NC(=O)NCC#Cc1ccccc1. The van der Waals surface area contributed by atoms with E-state index >= 15 is 0 Å². The maximum Gasteiger partial charge on any atom is 0.315 e. The lowest BCUT2D eigenvalue weighted by Crippen LogP contribution is -2.50. The minimum absolute atomic E-state index is 0.0540. The van der Waals surface area contributed by atoms with E-state index in [-0.39, 0.29) is 18.2 Å². The topological polar surface area (TPSA) is 61.4 Å². The van der Waals surface area contributed by atoms with Crippen molar-refractivity contribution in [2.45, 2.75) is 32.2 Å². The molecule has 0 aromatic heterocycles. The predicted octanol–water partition coefficient (Wildman–Crippen LogP) is 1.89. The second kappa shape index (κ2) is 8.23. The third-order valence-electron chi connectivity index (χ3n) is 3.20. The van der Waals surface area contributed by atoms with Crippen molar-refractivity contribution >= 4 is 6.03 Å². The first kappa shape index (κ1) is 16.1. The molecule has 0 heterocycles. The van der Waals surface area contributed by atoms with E-state index in [1.807, 2.05) is 44.2 Å². The minimum Gasteiger partial charge on any atom is -0.396 e. The average Bonchev–Trinajstić information content (AvgIpc) is 2.45. The van der Waals surface area contributed by atoms with Crippen LogP contribution in [-0.4, -0.2) is 29.8 Å². The molecule has 1 aromatic rings. The van der Waals surface area contributed by atoms with E-state index < -0.39 is 0 Å². The van der Waals surface area contributed by atoms with Crippen LogP contribution in [0.25, 0.3) is 0 Å². The first-order chi connectivity index (χ1) is 9.59. The van der Waals surface area contributed by atoms with Gasteiger partial charge < -0.3 is 15.7 Å². The van der Waals surface area contributed by atoms with Gasteiger partial charge in [0, 0.05) is 17.7 Å². The summed E-state index contributed by atoms with van der Waals surface area (Å²) in [4.78, 5) is 11.7. The molecule has 0 bridgehead atoms. The van der Waals surface area contributed by atoms with Gasteiger partial charge in [0.25, 0.3) is 0 Å². The van der Waals surface area contributed by atoms with E-state index in [0.717, 1.165) is 12.0 Å². The molecule has 20 heavy (non-hydrogen) atoms. The van der Waals surface area contributed by atoms with Crippen molar-refractivity contribution in [2.24, 2.45) is 0 Å². The standard InChI is InChI=1S/C16H22N2O2/c1-3-16(2,11-13-19)18-15(20)17-12-7-10-14-8-5-4-6-9-14/h4-6,8-9,19H,3,11-13H2,1-2H3,(H2,17,18,20). The van der Waals surface area contributed by atoms with Gasteiger partial charge in [-0.2, -0.15) is 0 Å². The monoisotopic (exact) mass is 274 g/mol. The van der Waals surface area contributed by atoms with E-state index in [1.54, 1.807) is 0 Å². The maximum absolute atomic E-state index is 11.7. The fourth-order valence-electron chi connectivity index (χ4n) is 1.68. The predicted molar refractivity (Wildman–Crippen MR) is 80.3 cm³/mol. The number of amides is 2.